The van der Waals surface area contributed by atoms with Crippen molar-refractivity contribution in [1.82, 2.24) is 0 Å². The van der Waals surface area contributed by atoms with Crippen LogP contribution in [0.5, 0.6) is 0 Å². The van der Waals surface area contributed by atoms with Gasteiger partial charge in [0.15, 0.2) is 6.61 Å². The highest BCUT2D eigenvalue weighted by molar-refractivity contribution is 7.99. The Bertz CT molecular complexity index is 789. The maximum absolute atomic E-state index is 13.0. The van der Waals surface area contributed by atoms with Gasteiger partial charge >= 0.3 is 5.97 Å². The molecule has 0 aliphatic heterocycles. The van der Waals surface area contributed by atoms with Gasteiger partial charge in [-0.3, -0.25) is 4.79 Å². The molecule has 2 rings (SSSR count). The first-order valence-corrected chi connectivity index (χ1v) is 7.90. The van der Waals surface area contributed by atoms with Gasteiger partial charge in [0.1, 0.15) is 5.82 Å². The van der Waals surface area contributed by atoms with Crippen LogP contribution in [0.1, 0.15) is 10.4 Å². The van der Waals surface area contributed by atoms with Gasteiger partial charge < -0.3 is 10.1 Å². The van der Waals surface area contributed by atoms with Crippen LogP contribution in [0, 0.1) is 17.1 Å². The second-order valence-electron chi connectivity index (χ2n) is 4.58. The Kier molecular flexibility index (Phi) is 6.34. The topological polar surface area (TPSA) is 79.2 Å². The van der Waals surface area contributed by atoms with Crippen LogP contribution in [-0.4, -0.2) is 24.2 Å². The third-order valence-corrected chi connectivity index (χ3v) is 3.79. The first-order valence-electron chi connectivity index (χ1n) is 6.91. The third-order valence-electron chi connectivity index (χ3n) is 2.85. The Morgan fingerprint density at radius 2 is 2.00 bits per heavy atom. The molecule has 0 aromatic heterocycles. The SMILES string of the molecule is N#CCSc1ccccc1NC(=O)COC(=O)c1cccc(F)c1. The van der Waals surface area contributed by atoms with E-state index in [4.69, 9.17) is 10.00 Å². The Morgan fingerprint density at radius 3 is 2.75 bits per heavy atom. The van der Waals surface area contributed by atoms with Crippen LogP contribution in [0.4, 0.5) is 10.1 Å². The number of rotatable bonds is 6. The smallest absolute Gasteiger partial charge is 0.338 e. The zero-order valence-corrected chi connectivity index (χ0v) is 13.3. The van der Waals surface area contributed by atoms with E-state index in [9.17, 15) is 14.0 Å². The number of carbonyl (C=O) groups is 2. The average molecular weight is 344 g/mol. The van der Waals surface area contributed by atoms with Crippen molar-refractivity contribution >= 4 is 29.3 Å². The molecule has 7 heteroatoms. The minimum Gasteiger partial charge on any atom is -0.452 e. The molecule has 5 nitrogen and oxygen atoms in total. The number of para-hydroxylation sites is 1. The molecule has 0 aliphatic carbocycles. The fraction of sp³-hybridized carbons (Fsp3) is 0.118. The zero-order chi connectivity index (χ0) is 17.4. The summed E-state index contributed by atoms with van der Waals surface area (Å²) in [5.74, 6) is -1.61. The number of halogens is 1. The molecule has 2 aromatic rings. The molecule has 1 N–H and O–H groups in total. The Hall–Kier alpha value is -2.85. The number of nitrogens with zero attached hydrogens (tertiary/aromatic N) is 1. The maximum Gasteiger partial charge on any atom is 0.338 e. The zero-order valence-electron chi connectivity index (χ0n) is 12.5. The lowest BCUT2D eigenvalue weighted by atomic mass is 10.2. The number of nitriles is 1. The molecule has 0 spiro atoms. The molecule has 0 heterocycles. The van der Waals surface area contributed by atoms with Crippen LogP contribution in [0.15, 0.2) is 53.4 Å². The summed E-state index contributed by atoms with van der Waals surface area (Å²) in [5, 5.41) is 11.2. The number of esters is 1. The van der Waals surface area contributed by atoms with Crippen molar-refractivity contribution in [3.05, 3.63) is 59.9 Å². The van der Waals surface area contributed by atoms with Crippen molar-refractivity contribution in [1.29, 1.82) is 5.26 Å². The lowest BCUT2D eigenvalue weighted by Crippen LogP contribution is -2.21. The van der Waals surface area contributed by atoms with Crippen LogP contribution in [0.3, 0.4) is 0 Å². The number of ether oxygens (including phenoxy) is 1. The lowest BCUT2D eigenvalue weighted by molar-refractivity contribution is -0.119. The van der Waals surface area contributed by atoms with Gasteiger partial charge in [-0.2, -0.15) is 5.26 Å². The van der Waals surface area contributed by atoms with Crippen molar-refractivity contribution in [3.8, 4) is 6.07 Å². The summed E-state index contributed by atoms with van der Waals surface area (Å²) < 4.78 is 17.9. The van der Waals surface area contributed by atoms with E-state index in [-0.39, 0.29) is 11.3 Å². The molecular formula is C17H13FN2O3S. The molecule has 0 radical (unpaired) electrons. The molecule has 0 atom stereocenters. The predicted octanol–water partition coefficient (Wildman–Crippen LogP) is 3.24. The van der Waals surface area contributed by atoms with Crippen LogP contribution >= 0.6 is 11.8 Å². The molecular weight excluding hydrogens is 331 g/mol. The number of anilines is 1. The van der Waals surface area contributed by atoms with Crippen molar-refractivity contribution in [2.45, 2.75) is 4.90 Å². The van der Waals surface area contributed by atoms with Gasteiger partial charge in [0.25, 0.3) is 5.91 Å². The van der Waals surface area contributed by atoms with E-state index in [0.29, 0.717) is 5.69 Å². The van der Waals surface area contributed by atoms with E-state index < -0.39 is 24.3 Å². The quantitative estimate of drug-likeness (QED) is 0.643. The summed E-state index contributed by atoms with van der Waals surface area (Å²) in [6.07, 6.45) is 0. The highest BCUT2D eigenvalue weighted by Crippen LogP contribution is 2.26. The summed E-state index contributed by atoms with van der Waals surface area (Å²) >= 11 is 1.29. The average Bonchev–Trinajstić information content (AvgIpc) is 2.59. The maximum atomic E-state index is 13.0. The molecule has 0 saturated heterocycles. The lowest BCUT2D eigenvalue weighted by Gasteiger charge is -2.10. The first kappa shape index (κ1) is 17.5. The summed E-state index contributed by atoms with van der Waals surface area (Å²) in [6, 6.07) is 14.0. The van der Waals surface area contributed by atoms with Gasteiger partial charge in [-0.15, -0.1) is 11.8 Å². The Balaban J connectivity index is 1.92. The van der Waals surface area contributed by atoms with Crippen molar-refractivity contribution in [2.24, 2.45) is 0 Å². The fourth-order valence-corrected chi connectivity index (χ4v) is 2.49. The summed E-state index contributed by atoms with van der Waals surface area (Å²) in [4.78, 5) is 24.4. The number of carbonyl (C=O) groups excluding carboxylic acids is 2. The second kappa shape index (κ2) is 8.70. The molecule has 24 heavy (non-hydrogen) atoms. The summed E-state index contributed by atoms with van der Waals surface area (Å²) in [7, 11) is 0. The molecule has 0 fully saturated rings. The van der Waals surface area contributed by atoms with Crippen molar-refractivity contribution in [3.63, 3.8) is 0 Å². The van der Waals surface area contributed by atoms with Gasteiger partial charge in [-0.25, -0.2) is 9.18 Å². The fourth-order valence-electron chi connectivity index (χ4n) is 1.82. The largest absolute Gasteiger partial charge is 0.452 e. The van der Waals surface area contributed by atoms with Crippen LogP contribution in [-0.2, 0) is 9.53 Å². The van der Waals surface area contributed by atoms with E-state index in [0.717, 1.165) is 11.0 Å². The third kappa shape index (κ3) is 5.11. The van der Waals surface area contributed by atoms with Crippen LogP contribution in [0.2, 0.25) is 0 Å². The van der Waals surface area contributed by atoms with Gasteiger partial charge in [-0.1, -0.05) is 18.2 Å². The number of hydrogen-bond acceptors (Lipinski definition) is 5. The molecule has 0 aliphatic rings. The standard InChI is InChI=1S/C17H13FN2O3S/c18-13-5-3-4-12(10-13)17(22)23-11-16(21)20-14-6-1-2-7-15(14)24-9-8-19/h1-7,10H,9,11H2,(H,20,21). The van der Waals surface area contributed by atoms with Gasteiger partial charge in [0.05, 0.1) is 23.1 Å². The van der Waals surface area contributed by atoms with Gasteiger partial charge in [0.2, 0.25) is 0 Å². The monoisotopic (exact) mass is 344 g/mol. The van der Waals surface area contributed by atoms with Crippen LogP contribution in [0.25, 0.3) is 0 Å². The molecule has 122 valence electrons. The van der Waals surface area contributed by atoms with Crippen molar-refractivity contribution in [2.75, 3.05) is 17.7 Å². The molecule has 2 aromatic carbocycles. The van der Waals surface area contributed by atoms with Crippen molar-refractivity contribution < 1.29 is 18.7 Å². The number of thioether (sulfide) groups is 1. The van der Waals surface area contributed by atoms with Crippen LogP contribution < -0.4 is 5.32 Å². The highest BCUT2D eigenvalue weighted by atomic mass is 32.2. The number of amides is 1. The van der Waals surface area contributed by atoms with Gasteiger partial charge in [-0.05, 0) is 30.3 Å². The van der Waals surface area contributed by atoms with E-state index >= 15 is 0 Å². The van der Waals surface area contributed by atoms with E-state index in [1.54, 1.807) is 24.3 Å². The second-order valence-corrected chi connectivity index (χ2v) is 5.59. The minimum absolute atomic E-state index is 0.0350. The highest BCUT2D eigenvalue weighted by Gasteiger charge is 2.12. The predicted molar refractivity (Wildman–Crippen MR) is 88.1 cm³/mol. The molecule has 1 amide bonds. The summed E-state index contributed by atoms with van der Waals surface area (Å²) in [6.45, 7) is -0.493. The van der Waals surface area contributed by atoms with E-state index in [1.165, 1.54) is 30.0 Å². The van der Waals surface area contributed by atoms with E-state index in [2.05, 4.69) is 5.32 Å². The molecule has 0 saturated carbocycles. The number of nitrogens with one attached hydrogen (secondary N) is 1. The minimum atomic E-state index is -0.781. The Labute approximate surface area is 142 Å². The molecule has 0 unspecified atom stereocenters. The van der Waals surface area contributed by atoms with E-state index in [1.807, 2.05) is 6.07 Å². The van der Waals surface area contributed by atoms with Gasteiger partial charge in [0, 0.05) is 4.90 Å². The summed E-state index contributed by atoms with van der Waals surface area (Å²) in [5.41, 5.74) is 0.567. The Morgan fingerprint density at radius 1 is 1.21 bits per heavy atom. The number of benzene rings is 2. The first-order chi connectivity index (χ1) is 11.6. The number of hydrogen-bond donors (Lipinski definition) is 1. The normalized spacial score (nSPS) is 9.83. The molecule has 0 bridgehead atoms.